The molecule has 162 valence electrons. The Morgan fingerprint density at radius 2 is 1.94 bits per heavy atom. The zero-order chi connectivity index (χ0) is 21.8. The predicted octanol–water partition coefficient (Wildman–Crippen LogP) is 4.02. The minimum absolute atomic E-state index is 0.186. The fourth-order valence-electron chi connectivity index (χ4n) is 3.14. The van der Waals surface area contributed by atoms with Gasteiger partial charge in [-0.25, -0.2) is 4.39 Å². The number of nitrogens with one attached hydrogen (secondary N) is 1. The van der Waals surface area contributed by atoms with Crippen LogP contribution in [-0.2, 0) is 9.53 Å². The van der Waals surface area contributed by atoms with Gasteiger partial charge in [-0.3, -0.25) is 9.36 Å². The number of rotatable bonds is 6. The van der Waals surface area contributed by atoms with Crippen LogP contribution in [0.25, 0.3) is 5.69 Å². The van der Waals surface area contributed by atoms with Gasteiger partial charge in [0.05, 0.1) is 24.2 Å². The van der Waals surface area contributed by atoms with Gasteiger partial charge in [-0.2, -0.15) is 0 Å². The molecule has 1 aliphatic heterocycles. The van der Waals surface area contributed by atoms with Crippen LogP contribution in [0.5, 0.6) is 0 Å². The van der Waals surface area contributed by atoms with Gasteiger partial charge in [-0.05, 0) is 49.4 Å². The summed E-state index contributed by atoms with van der Waals surface area (Å²) in [7, 11) is 0. The maximum atomic E-state index is 14.0. The van der Waals surface area contributed by atoms with Crippen molar-refractivity contribution in [1.82, 2.24) is 14.8 Å². The maximum Gasteiger partial charge on any atom is 0.237 e. The molecule has 31 heavy (non-hydrogen) atoms. The highest BCUT2D eigenvalue weighted by molar-refractivity contribution is 8.00. The second kappa shape index (κ2) is 9.67. The second-order valence-electron chi connectivity index (χ2n) is 6.95. The van der Waals surface area contributed by atoms with Crippen molar-refractivity contribution in [3.8, 4) is 5.69 Å². The van der Waals surface area contributed by atoms with E-state index in [4.69, 9.17) is 16.3 Å². The average molecular weight is 462 g/mol. The quantitative estimate of drug-likeness (QED) is 0.559. The number of nitrogens with zero attached hydrogens (tertiary/aromatic N) is 4. The molecule has 0 radical (unpaired) electrons. The summed E-state index contributed by atoms with van der Waals surface area (Å²) in [6.45, 7) is 4.27. The highest BCUT2D eigenvalue weighted by Crippen LogP contribution is 2.30. The Balaban J connectivity index is 1.59. The van der Waals surface area contributed by atoms with E-state index in [1.54, 1.807) is 47.9 Å². The van der Waals surface area contributed by atoms with Crippen molar-refractivity contribution in [1.29, 1.82) is 0 Å². The van der Waals surface area contributed by atoms with Gasteiger partial charge in [0, 0.05) is 23.8 Å². The monoisotopic (exact) mass is 461 g/mol. The Labute approximate surface area is 188 Å². The molecule has 4 rings (SSSR count). The Kier molecular flexibility index (Phi) is 6.74. The Bertz CT molecular complexity index is 1060. The third kappa shape index (κ3) is 5.17. The molecular weight excluding hydrogens is 441 g/mol. The third-order valence-corrected chi connectivity index (χ3v) is 6.03. The number of hydrogen-bond donors (Lipinski definition) is 1. The van der Waals surface area contributed by atoms with E-state index in [2.05, 4.69) is 15.5 Å². The first kappa shape index (κ1) is 21.6. The Morgan fingerprint density at radius 1 is 1.19 bits per heavy atom. The summed E-state index contributed by atoms with van der Waals surface area (Å²) in [6.07, 6.45) is 0. The molecule has 1 aliphatic rings. The minimum Gasteiger partial charge on any atom is -0.378 e. The van der Waals surface area contributed by atoms with Crippen LogP contribution in [-0.4, -0.2) is 52.2 Å². The summed E-state index contributed by atoms with van der Waals surface area (Å²) in [6, 6.07) is 13.1. The molecule has 1 N–H and O–H groups in total. The van der Waals surface area contributed by atoms with Crippen molar-refractivity contribution in [2.45, 2.75) is 17.3 Å². The van der Waals surface area contributed by atoms with Crippen LogP contribution in [0.4, 0.5) is 16.0 Å². The molecule has 1 saturated heterocycles. The molecule has 1 aromatic heterocycles. The highest BCUT2D eigenvalue weighted by atomic mass is 35.5. The van der Waals surface area contributed by atoms with E-state index in [0.717, 1.165) is 0 Å². The lowest BCUT2D eigenvalue weighted by atomic mass is 10.3. The SMILES string of the molecule is CC(Sc1nnc(N2CCOCC2)n1-c1cccc(F)c1)C(=O)Nc1ccc(Cl)cc1. The minimum atomic E-state index is -0.468. The van der Waals surface area contributed by atoms with E-state index in [0.29, 0.717) is 53.8 Å². The molecule has 1 amide bonds. The number of ether oxygens (including phenoxy) is 1. The lowest BCUT2D eigenvalue weighted by molar-refractivity contribution is -0.115. The van der Waals surface area contributed by atoms with Crippen LogP contribution < -0.4 is 10.2 Å². The molecule has 0 bridgehead atoms. The Morgan fingerprint density at radius 3 is 2.65 bits per heavy atom. The standard InChI is InChI=1S/C21H21ClFN5O2S/c1-14(19(29)24-17-7-5-15(22)6-8-17)31-21-26-25-20(27-9-11-30-12-10-27)28(21)18-4-2-3-16(23)13-18/h2-8,13-14H,9-12H2,1H3,(H,24,29). The van der Waals surface area contributed by atoms with Crippen molar-refractivity contribution >= 4 is 40.9 Å². The number of morpholine rings is 1. The van der Waals surface area contributed by atoms with Crippen molar-refractivity contribution in [3.63, 3.8) is 0 Å². The molecule has 1 fully saturated rings. The number of carbonyl (C=O) groups excluding carboxylic acids is 1. The van der Waals surface area contributed by atoms with E-state index in [1.165, 1.54) is 23.9 Å². The van der Waals surface area contributed by atoms with Crippen LogP contribution >= 0.6 is 23.4 Å². The second-order valence-corrected chi connectivity index (χ2v) is 8.70. The number of aromatic nitrogens is 3. The van der Waals surface area contributed by atoms with Crippen molar-refractivity contribution in [2.75, 3.05) is 36.5 Å². The number of carbonyl (C=O) groups is 1. The van der Waals surface area contributed by atoms with Gasteiger partial charge in [0.25, 0.3) is 0 Å². The number of hydrogen-bond acceptors (Lipinski definition) is 6. The predicted molar refractivity (Wildman–Crippen MR) is 120 cm³/mol. The molecule has 0 spiro atoms. The van der Waals surface area contributed by atoms with Gasteiger partial charge in [-0.1, -0.05) is 29.4 Å². The van der Waals surface area contributed by atoms with Crippen molar-refractivity contribution < 1.29 is 13.9 Å². The van der Waals surface area contributed by atoms with E-state index in [1.807, 2.05) is 4.90 Å². The molecule has 7 nitrogen and oxygen atoms in total. The van der Waals surface area contributed by atoms with Crippen LogP contribution in [0.15, 0.2) is 53.7 Å². The summed E-state index contributed by atoms with van der Waals surface area (Å²) in [5.41, 5.74) is 1.25. The van der Waals surface area contributed by atoms with Crippen molar-refractivity contribution in [3.05, 3.63) is 59.4 Å². The van der Waals surface area contributed by atoms with Crippen LogP contribution in [0.1, 0.15) is 6.92 Å². The number of anilines is 2. The summed E-state index contributed by atoms with van der Waals surface area (Å²) in [4.78, 5) is 14.7. The number of thioether (sulfide) groups is 1. The van der Waals surface area contributed by atoms with Gasteiger partial charge < -0.3 is 15.0 Å². The summed E-state index contributed by atoms with van der Waals surface area (Å²) >= 11 is 7.16. The van der Waals surface area contributed by atoms with Crippen molar-refractivity contribution in [2.24, 2.45) is 0 Å². The molecule has 0 saturated carbocycles. The lowest BCUT2D eigenvalue weighted by Gasteiger charge is -2.28. The molecule has 0 aliphatic carbocycles. The third-order valence-electron chi connectivity index (χ3n) is 4.74. The first-order chi connectivity index (χ1) is 15.0. The molecule has 10 heteroatoms. The molecule has 1 atom stereocenters. The summed E-state index contributed by atoms with van der Waals surface area (Å²) in [5, 5.41) is 12.2. The molecule has 1 unspecified atom stereocenters. The fraction of sp³-hybridized carbons (Fsp3) is 0.286. The lowest BCUT2D eigenvalue weighted by Crippen LogP contribution is -2.38. The molecule has 3 aromatic rings. The zero-order valence-electron chi connectivity index (χ0n) is 16.8. The first-order valence-electron chi connectivity index (χ1n) is 9.78. The maximum absolute atomic E-state index is 14.0. The number of halogens is 2. The first-order valence-corrected chi connectivity index (χ1v) is 11.0. The van der Waals surface area contributed by atoms with Crippen LogP contribution in [0, 0.1) is 5.82 Å². The van der Waals surface area contributed by atoms with E-state index in [-0.39, 0.29) is 11.7 Å². The zero-order valence-corrected chi connectivity index (χ0v) is 18.4. The number of amides is 1. The van der Waals surface area contributed by atoms with Crippen LogP contribution in [0.2, 0.25) is 5.02 Å². The molecular formula is C21H21ClFN5O2S. The van der Waals surface area contributed by atoms with Gasteiger partial charge in [0.15, 0.2) is 5.16 Å². The number of benzene rings is 2. The highest BCUT2D eigenvalue weighted by Gasteiger charge is 2.25. The van der Waals surface area contributed by atoms with Gasteiger partial charge in [-0.15, -0.1) is 10.2 Å². The average Bonchev–Trinajstić information content (AvgIpc) is 3.19. The van der Waals surface area contributed by atoms with E-state index >= 15 is 0 Å². The van der Waals surface area contributed by atoms with Gasteiger partial charge in [0.2, 0.25) is 11.9 Å². The van der Waals surface area contributed by atoms with E-state index < -0.39 is 5.25 Å². The molecule has 2 aromatic carbocycles. The largest absolute Gasteiger partial charge is 0.378 e. The van der Waals surface area contributed by atoms with Gasteiger partial charge >= 0.3 is 0 Å². The normalized spacial score (nSPS) is 15.0. The smallest absolute Gasteiger partial charge is 0.237 e. The van der Waals surface area contributed by atoms with E-state index in [9.17, 15) is 9.18 Å². The van der Waals surface area contributed by atoms with Gasteiger partial charge in [0.1, 0.15) is 5.82 Å². The topological polar surface area (TPSA) is 72.3 Å². The Hall–Kier alpha value is -2.62. The van der Waals surface area contributed by atoms with Crippen LogP contribution in [0.3, 0.4) is 0 Å². The summed E-state index contributed by atoms with van der Waals surface area (Å²) < 4.78 is 21.2. The summed E-state index contributed by atoms with van der Waals surface area (Å²) in [5.74, 6) is 0.0550. The fourth-order valence-corrected chi connectivity index (χ4v) is 4.13. The molecule has 2 heterocycles.